The monoisotopic (exact) mass is 379 g/mol. The lowest BCUT2D eigenvalue weighted by Crippen LogP contribution is -2.31. The number of carbonyl (C=O) groups is 2. The Bertz CT molecular complexity index is 1030. The van der Waals surface area contributed by atoms with Gasteiger partial charge < -0.3 is 15.2 Å². The maximum absolute atomic E-state index is 13.2. The highest BCUT2D eigenvalue weighted by Crippen LogP contribution is 2.28. The molecular formula is C22H22FN3O2. The minimum atomic E-state index is -0.310. The van der Waals surface area contributed by atoms with E-state index in [1.807, 2.05) is 23.1 Å². The number of carbonyl (C=O) groups excluding carboxylic acids is 2. The molecule has 1 aliphatic heterocycles. The van der Waals surface area contributed by atoms with Gasteiger partial charge in [0, 0.05) is 42.3 Å². The predicted octanol–water partition coefficient (Wildman–Crippen LogP) is 3.34. The van der Waals surface area contributed by atoms with E-state index in [2.05, 4.69) is 16.4 Å². The second-order valence-corrected chi connectivity index (χ2v) is 7.06. The lowest BCUT2D eigenvalue weighted by atomic mass is 10.1. The Hall–Kier alpha value is -3.15. The van der Waals surface area contributed by atoms with E-state index in [4.69, 9.17) is 0 Å². The molecule has 5 nitrogen and oxygen atoms in total. The van der Waals surface area contributed by atoms with E-state index >= 15 is 0 Å². The summed E-state index contributed by atoms with van der Waals surface area (Å²) in [5, 5.41) is 3.71. The Morgan fingerprint density at radius 1 is 1.18 bits per heavy atom. The number of aromatic nitrogens is 1. The molecule has 2 aromatic carbocycles. The van der Waals surface area contributed by atoms with E-state index in [1.165, 1.54) is 17.7 Å². The van der Waals surface area contributed by atoms with Crippen molar-refractivity contribution in [3.8, 4) is 0 Å². The molecule has 28 heavy (non-hydrogen) atoms. The zero-order chi connectivity index (χ0) is 19.5. The highest BCUT2D eigenvalue weighted by Gasteiger charge is 2.23. The van der Waals surface area contributed by atoms with Crippen molar-refractivity contribution in [3.63, 3.8) is 0 Å². The normalized spacial score (nSPS) is 13.0. The van der Waals surface area contributed by atoms with Gasteiger partial charge in [0.05, 0.1) is 6.42 Å². The van der Waals surface area contributed by atoms with Crippen LogP contribution in [-0.4, -0.2) is 29.9 Å². The SMILES string of the molecule is O=C(Cc1c[nH]c2cc(F)ccc12)NCCCC(=O)N1CCc2ccccc21. The molecule has 1 aliphatic rings. The molecule has 2 heterocycles. The molecule has 2 N–H and O–H groups in total. The van der Waals surface area contributed by atoms with Crippen LogP contribution in [0.5, 0.6) is 0 Å². The molecule has 0 fully saturated rings. The summed E-state index contributed by atoms with van der Waals surface area (Å²) in [6, 6.07) is 12.5. The summed E-state index contributed by atoms with van der Waals surface area (Å²) in [7, 11) is 0. The molecule has 0 aliphatic carbocycles. The summed E-state index contributed by atoms with van der Waals surface area (Å²) in [5.74, 6) is -0.322. The number of benzene rings is 2. The molecule has 0 unspecified atom stereocenters. The third-order valence-electron chi connectivity index (χ3n) is 5.16. The average molecular weight is 379 g/mol. The van der Waals surface area contributed by atoms with Gasteiger partial charge in [-0.2, -0.15) is 0 Å². The van der Waals surface area contributed by atoms with Crippen molar-refractivity contribution in [2.75, 3.05) is 18.0 Å². The fourth-order valence-corrected chi connectivity index (χ4v) is 3.74. The summed E-state index contributed by atoms with van der Waals surface area (Å²) >= 11 is 0. The molecule has 144 valence electrons. The van der Waals surface area contributed by atoms with E-state index in [0.717, 1.165) is 29.6 Å². The van der Waals surface area contributed by atoms with Crippen LogP contribution in [0.25, 0.3) is 10.9 Å². The maximum atomic E-state index is 13.2. The number of H-pyrrole nitrogens is 1. The Kier molecular flexibility index (Phi) is 5.10. The Morgan fingerprint density at radius 3 is 2.93 bits per heavy atom. The summed E-state index contributed by atoms with van der Waals surface area (Å²) < 4.78 is 13.2. The van der Waals surface area contributed by atoms with E-state index in [1.54, 1.807) is 12.3 Å². The van der Waals surface area contributed by atoms with Crippen LogP contribution in [0.1, 0.15) is 24.0 Å². The van der Waals surface area contributed by atoms with E-state index in [-0.39, 0.29) is 24.1 Å². The summed E-state index contributed by atoms with van der Waals surface area (Å²) in [5.41, 5.74) is 3.73. The number of aromatic amines is 1. The van der Waals surface area contributed by atoms with Gasteiger partial charge in [-0.15, -0.1) is 0 Å². The molecule has 1 aromatic heterocycles. The number of anilines is 1. The van der Waals surface area contributed by atoms with Gasteiger partial charge >= 0.3 is 0 Å². The molecule has 2 amide bonds. The number of nitrogens with one attached hydrogen (secondary N) is 2. The van der Waals surface area contributed by atoms with Gasteiger partial charge in [-0.05, 0) is 48.2 Å². The van der Waals surface area contributed by atoms with Gasteiger partial charge in [0.25, 0.3) is 0 Å². The van der Waals surface area contributed by atoms with Crippen LogP contribution in [0, 0.1) is 5.82 Å². The van der Waals surface area contributed by atoms with Crippen molar-refractivity contribution in [3.05, 3.63) is 65.6 Å². The van der Waals surface area contributed by atoms with Gasteiger partial charge in [0.1, 0.15) is 5.82 Å². The summed E-state index contributed by atoms with van der Waals surface area (Å²) in [6.45, 7) is 1.18. The molecule has 3 aromatic rings. The maximum Gasteiger partial charge on any atom is 0.227 e. The van der Waals surface area contributed by atoms with Crippen LogP contribution in [0.3, 0.4) is 0 Å². The zero-order valence-electron chi connectivity index (χ0n) is 15.5. The van der Waals surface area contributed by atoms with Gasteiger partial charge in [0.15, 0.2) is 0 Å². The van der Waals surface area contributed by atoms with Crippen LogP contribution in [-0.2, 0) is 22.4 Å². The predicted molar refractivity (Wildman–Crippen MR) is 107 cm³/mol. The first kappa shape index (κ1) is 18.2. The molecule has 0 bridgehead atoms. The third kappa shape index (κ3) is 3.76. The number of hydrogen-bond donors (Lipinski definition) is 2. The van der Waals surface area contributed by atoms with Gasteiger partial charge in [-0.25, -0.2) is 4.39 Å². The van der Waals surface area contributed by atoms with Gasteiger partial charge in [-0.3, -0.25) is 9.59 Å². The Labute approximate surface area is 162 Å². The lowest BCUT2D eigenvalue weighted by Gasteiger charge is -2.17. The van der Waals surface area contributed by atoms with Gasteiger partial charge in [-0.1, -0.05) is 18.2 Å². The van der Waals surface area contributed by atoms with Crippen molar-refractivity contribution < 1.29 is 14.0 Å². The van der Waals surface area contributed by atoms with E-state index in [0.29, 0.717) is 24.9 Å². The molecule has 4 rings (SSSR count). The van der Waals surface area contributed by atoms with Crippen LogP contribution in [0.15, 0.2) is 48.7 Å². The minimum absolute atomic E-state index is 0.0952. The fourth-order valence-electron chi connectivity index (χ4n) is 3.74. The highest BCUT2D eigenvalue weighted by atomic mass is 19.1. The van der Waals surface area contributed by atoms with Crippen molar-refractivity contribution in [2.45, 2.75) is 25.7 Å². The fraction of sp³-hybridized carbons (Fsp3) is 0.273. The van der Waals surface area contributed by atoms with Crippen molar-refractivity contribution in [1.29, 1.82) is 0 Å². The zero-order valence-corrected chi connectivity index (χ0v) is 15.5. The topological polar surface area (TPSA) is 65.2 Å². The number of hydrogen-bond acceptors (Lipinski definition) is 2. The largest absolute Gasteiger partial charge is 0.361 e. The second kappa shape index (κ2) is 7.84. The molecular weight excluding hydrogens is 357 g/mol. The minimum Gasteiger partial charge on any atom is -0.361 e. The van der Waals surface area contributed by atoms with Crippen molar-refractivity contribution in [2.24, 2.45) is 0 Å². The highest BCUT2D eigenvalue weighted by molar-refractivity contribution is 5.95. The number of para-hydroxylation sites is 1. The third-order valence-corrected chi connectivity index (χ3v) is 5.16. The van der Waals surface area contributed by atoms with Crippen LogP contribution < -0.4 is 10.2 Å². The lowest BCUT2D eigenvalue weighted by molar-refractivity contribution is -0.121. The standard InChI is InChI=1S/C22H22FN3O2/c23-17-7-8-18-16(14-25-19(18)13-17)12-21(27)24-10-3-6-22(28)26-11-9-15-4-1-2-5-20(15)26/h1-2,4-5,7-8,13-14,25H,3,6,9-12H2,(H,24,27). The van der Waals surface area contributed by atoms with E-state index in [9.17, 15) is 14.0 Å². The Balaban J connectivity index is 1.24. The number of rotatable bonds is 6. The number of nitrogens with zero attached hydrogens (tertiary/aromatic N) is 1. The smallest absolute Gasteiger partial charge is 0.227 e. The second-order valence-electron chi connectivity index (χ2n) is 7.06. The molecule has 0 saturated carbocycles. The van der Waals surface area contributed by atoms with Crippen LogP contribution >= 0.6 is 0 Å². The quantitative estimate of drug-likeness (QED) is 0.645. The summed E-state index contributed by atoms with van der Waals surface area (Å²) in [4.78, 5) is 29.5. The Morgan fingerprint density at radius 2 is 2.04 bits per heavy atom. The molecule has 0 saturated heterocycles. The first-order chi connectivity index (χ1) is 13.6. The number of amides is 2. The molecule has 0 atom stereocenters. The first-order valence-electron chi connectivity index (χ1n) is 9.52. The molecule has 6 heteroatoms. The first-order valence-corrected chi connectivity index (χ1v) is 9.52. The summed E-state index contributed by atoms with van der Waals surface area (Å²) in [6.07, 6.45) is 3.85. The average Bonchev–Trinajstić information content (AvgIpc) is 3.29. The van der Waals surface area contributed by atoms with Crippen LogP contribution in [0.2, 0.25) is 0 Å². The van der Waals surface area contributed by atoms with Crippen LogP contribution in [0.4, 0.5) is 10.1 Å². The number of halogens is 1. The van der Waals surface area contributed by atoms with E-state index < -0.39 is 0 Å². The van der Waals surface area contributed by atoms with Crippen molar-refractivity contribution >= 4 is 28.4 Å². The molecule has 0 spiro atoms. The molecule has 0 radical (unpaired) electrons. The number of fused-ring (bicyclic) bond motifs is 2. The van der Waals surface area contributed by atoms with Crippen molar-refractivity contribution in [1.82, 2.24) is 10.3 Å². The van der Waals surface area contributed by atoms with Gasteiger partial charge in [0.2, 0.25) is 11.8 Å².